The lowest BCUT2D eigenvalue weighted by Gasteiger charge is -2.07. The van der Waals surface area contributed by atoms with Gasteiger partial charge in [-0.3, -0.25) is 9.59 Å². The maximum Gasteiger partial charge on any atom is 0.224 e. The van der Waals surface area contributed by atoms with Crippen LogP contribution in [-0.2, 0) is 11.8 Å². The van der Waals surface area contributed by atoms with E-state index in [1.807, 2.05) is 54.2 Å². The molecule has 0 radical (unpaired) electrons. The Morgan fingerprint density at radius 3 is 2.50 bits per heavy atom. The summed E-state index contributed by atoms with van der Waals surface area (Å²) < 4.78 is 2.03. The van der Waals surface area contributed by atoms with Crippen LogP contribution in [0.4, 0.5) is 11.4 Å². The predicted octanol–water partition coefficient (Wildman–Crippen LogP) is 4.92. The van der Waals surface area contributed by atoms with Crippen LogP contribution < -0.4 is 11.1 Å². The first-order valence-corrected chi connectivity index (χ1v) is 9.77. The molecule has 1 heterocycles. The van der Waals surface area contributed by atoms with Crippen molar-refractivity contribution >= 4 is 34.0 Å². The van der Waals surface area contributed by atoms with E-state index in [-0.39, 0.29) is 11.7 Å². The lowest BCUT2D eigenvalue weighted by molar-refractivity contribution is -0.116. The molecule has 2 aromatic carbocycles. The van der Waals surface area contributed by atoms with Crippen molar-refractivity contribution in [2.24, 2.45) is 7.05 Å². The van der Waals surface area contributed by atoms with Crippen LogP contribution >= 0.6 is 0 Å². The average molecular weight is 377 g/mol. The summed E-state index contributed by atoms with van der Waals surface area (Å²) in [6, 6.07) is 15.2. The minimum atomic E-state index is -0.0233. The second-order valence-electron chi connectivity index (χ2n) is 7.17. The average Bonchev–Trinajstić information content (AvgIpc) is 3.06. The number of carbonyl (C=O) groups excluding carboxylic acids is 2. The van der Waals surface area contributed by atoms with E-state index >= 15 is 0 Å². The number of hydrogen-bond donors (Lipinski definition) is 2. The van der Waals surface area contributed by atoms with Gasteiger partial charge in [0, 0.05) is 37.2 Å². The van der Waals surface area contributed by atoms with Crippen molar-refractivity contribution in [1.29, 1.82) is 0 Å². The Bertz CT molecular complexity index is 975. The van der Waals surface area contributed by atoms with Crippen molar-refractivity contribution in [3.8, 4) is 0 Å². The Hall–Kier alpha value is -3.08. The maximum absolute atomic E-state index is 12.4. The standard InChI is InChI=1S/C23H27N3O2/c1-26-15-14-17-12-13-18(16-21(17)26)22(27)10-4-2-3-5-11-23(28)25-20-9-7-6-8-19(20)24/h6-9,12-16H,2-5,10-11,24H2,1H3,(H,25,28). The Kier molecular flexibility index (Phi) is 6.48. The van der Waals surface area contributed by atoms with Gasteiger partial charge in [-0.15, -0.1) is 0 Å². The molecule has 1 amide bonds. The summed E-state index contributed by atoms with van der Waals surface area (Å²) >= 11 is 0. The first kappa shape index (κ1) is 19.7. The number of nitrogens with one attached hydrogen (secondary N) is 1. The molecule has 3 N–H and O–H groups in total. The van der Waals surface area contributed by atoms with Gasteiger partial charge >= 0.3 is 0 Å². The number of benzene rings is 2. The summed E-state index contributed by atoms with van der Waals surface area (Å²) in [5, 5.41) is 3.99. The number of carbonyl (C=O) groups is 2. The van der Waals surface area contributed by atoms with Gasteiger partial charge in [-0.25, -0.2) is 0 Å². The fourth-order valence-electron chi connectivity index (χ4n) is 3.33. The van der Waals surface area contributed by atoms with Crippen LogP contribution in [0.3, 0.4) is 0 Å². The number of rotatable bonds is 9. The summed E-state index contributed by atoms with van der Waals surface area (Å²) in [7, 11) is 1.98. The number of amides is 1. The van der Waals surface area contributed by atoms with Crippen LogP contribution in [0.25, 0.3) is 10.9 Å². The molecule has 1 aromatic heterocycles. The van der Waals surface area contributed by atoms with E-state index < -0.39 is 0 Å². The fraction of sp³-hybridized carbons (Fsp3) is 0.304. The lowest BCUT2D eigenvalue weighted by atomic mass is 10.0. The molecule has 0 saturated heterocycles. The molecule has 0 spiro atoms. The number of nitrogen functional groups attached to an aromatic ring is 1. The zero-order valence-electron chi connectivity index (χ0n) is 16.3. The highest BCUT2D eigenvalue weighted by Gasteiger charge is 2.08. The first-order chi connectivity index (χ1) is 13.5. The number of anilines is 2. The van der Waals surface area contributed by atoms with E-state index in [2.05, 4.69) is 5.32 Å². The Morgan fingerprint density at radius 1 is 0.964 bits per heavy atom. The minimum absolute atomic E-state index is 0.0233. The van der Waals surface area contributed by atoms with E-state index in [1.165, 1.54) is 0 Å². The number of aryl methyl sites for hydroxylation is 1. The molecular formula is C23H27N3O2. The largest absolute Gasteiger partial charge is 0.397 e. The zero-order chi connectivity index (χ0) is 19.9. The number of Topliss-reactive ketones (excluding diaryl/α,β-unsaturated/α-hetero) is 1. The molecule has 5 nitrogen and oxygen atoms in total. The van der Waals surface area contributed by atoms with Gasteiger partial charge < -0.3 is 15.6 Å². The third-order valence-electron chi connectivity index (χ3n) is 5.00. The maximum atomic E-state index is 12.4. The SMILES string of the molecule is Cn1ccc2ccc(C(=O)CCCCCCC(=O)Nc3ccccc3N)cc21. The van der Waals surface area contributed by atoms with Crippen molar-refractivity contribution in [2.75, 3.05) is 11.1 Å². The molecule has 146 valence electrons. The molecule has 28 heavy (non-hydrogen) atoms. The summed E-state index contributed by atoms with van der Waals surface area (Å²) in [5.74, 6) is 0.158. The van der Waals surface area contributed by atoms with Gasteiger partial charge in [-0.2, -0.15) is 0 Å². The minimum Gasteiger partial charge on any atom is -0.397 e. The monoisotopic (exact) mass is 377 g/mol. The summed E-state index contributed by atoms with van der Waals surface area (Å²) in [4.78, 5) is 24.4. The molecular weight excluding hydrogens is 350 g/mol. The molecule has 3 aromatic rings. The van der Waals surface area contributed by atoms with Crippen LogP contribution in [0.1, 0.15) is 48.9 Å². The van der Waals surface area contributed by atoms with E-state index in [4.69, 9.17) is 5.73 Å². The van der Waals surface area contributed by atoms with Gasteiger partial charge in [0.2, 0.25) is 5.91 Å². The molecule has 0 atom stereocenters. The highest BCUT2D eigenvalue weighted by atomic mass is 16.1. The summed E-state index contributed by atoms with van der Waals surface area (Å²) in [5.41, 5.74) is 8.91. The van der Waals surface area contributed by atoms with Gasteiger partial charge in [0.15, 0.2) is 5.78 Å². The fourth-order valence-corrected chi connectivity index (χ4v) is 3.33. The Morgan fingerprint density at radius 2 is 1.71 bits per heavy atom. The molecule has 0 bridgehead atoms. The molecule has 0 fully saturated rings. The van der Waals surface area contributed by atoms with Crippen molar-refractivity contribution in [2.45, 2.75) is 38.5 Å². The molecule has 3 rings (SSSR count). The van der Waals surface area contributed by atoms with Crippen LogP contribution in [-0.4, -0.2) is 16.3 Å². The normalized spacial score (nSPS) is 10.9. The third kappa shape index (κ3) is 5.00. The molecule has 0 saturated carbocycles. The molecule has 0 aliphatic heterocycles. The van der Waals surface area contributed by atoms with Crippen LogP contribution in [0.5, 0.6) is 0 Å². The van der Waals surface area contributed by atoms with Crippen molar-refractivity contribution in [3.05, 3.63) is 60.3 Å². The number of para-hydroxylation sites is 2. The Labute approximate surface area is 165 Å². The summed E-state index contributed by atoms with van der Waals surface area (Å²) in [6.07, 6.45) is 6.54. The number of hydrogen-bond acceptors (Lipinski definition) is 3. The molecule has 0 unspecified atom stereocenters. The zero-order valence-corrected chi connectivity index (χ0v) is 16.3. The number of nitrogens with two attached hydrogens (primary N) is 1. The van der Waals surface area contributed by atoms with Crippen molar-refractivity contribution < 1.29 is 9.59 Å². The number of fused-ring (bicyclic) bond motifs is 1. The van der Waals surface area contributed by atoms with Crippen LogP contribution in [0.15, 0.2) is 54.7 Å². The molecule has 5 heteroatoms. The quantitative estimate of drug-likeness (QED) is 0.315. The van der Waals surface area contributed by atoms with Gasteiger partial charge in [0.05, 0.1) is 11.4 Å². The van der Waals surface area contributed by atoms with Gasteiger partial charge in [0.1, 0.15) is 0 Å². The van der Waals surface area contributed by atoms with E-state index in [0.29, 0.717) is 24.2 Å². The summed E-state index contributed by atoms with van der Waals surface area (Å²) in [6.45, 7) is 0. The van der Waals surface area contributed by atoms with E-state index in [0.717, 1.165) is 42.1 Å². The van der Waals surface area contributed by atoms with Crippen molar-refractivity contribution in [1.82, 2.24) is 4.57 Å². The van der Waals surface area contributed by atoms with Crippen molar-refractivity contribution in [3.63, 3.8) is 0 Å². The Balaban J connectivity index is 1.35. The highest BCUT2D eigenvalue weighted by Crippen LogP contribution is 2.19. The predicted molar refractivity (Wildman–Crippen MR) is 114 cm³/mol. The topological polar surface area (TPSA) is 77.1 Å². The number of aromatic nitrogens is 1. The van der Waals surface area contributed by atoms with Crippen LogP contribution in [0, 0.1) is 0 Å². The molecule has 0 aliphatic carbocycles. The second kappa shape index (κ2) is 9.22. The van der Waals surface area contributed by atoms with E-state index in [9.17, 15) is 9.59 Å². The van der Waals surface area contributed by atoms with E-state index in [1.54, 1.807) is 12.1 Å². The number of nitrogens with zero attached hydrogens (tertiary/aromatic N) is 1. The smallest absolute Gasteiger partial charge is 0.224 e. The van der Waals surface area contributed by atoms with Gasteiger partial charge in [0.25, 0.3) is 0 Å². The third-order valence-corrected chi connectivity index (χ3v) is 5.00. The van der Waals surface area contributed by atoms with Crippen LogP contribution in [0.2, 0.25) is 0 Å². The van der Waals surface area contributed by atoms with Gasteiger partial charge in [-0.05, 0) is 42.5 Å². The highest BCUT2D eigenvalue weighted by molar-refractivity contribution is 5.99. The molecule has 0 aliphatic rings. The number of ketones is 1. The lowest BCUT2D eigenvalue weighted by Crippen LogP contribution is -2.12. The second-order valence-corrected chi connectivity index (χ2v) is 7.17. The van der Waals surface area contributed by atoms with Gasteiger partial charge in [-0.1, -0.05) is 37.1 Å². The first-order valence-electron chi connectivity index (χ1n) is 9.77. The number of unbranched alkanes of at least 4 members (excludes halogenated alkanes) is 3.